The molecule has 0 amide bonds. The van der Waals surface area contributed by atoms with Crippen LogP contribution in [-0.4, -0.2) is 20.8 Å². The molecule has 6 aliphatic carbocycles. The highest BCUT2D eigenvalue weighted by atomic mass is 16.3. The van der Waals surface area contributed by atoms with Gasteiger partial charge in [-0.25, -0.2) is 0 Å². The average molecular weight is 762 g/mol. The van der Waals surface area contributed by atoms with Gasteiger partial charge in [0, 0.05) is 53.6 Å². The Morgan fingerprint density at radius 3 is 1.86 bits per heavy atom. The lowest BCUT2D eigenvalue weighted by molar-refractivity contribution is 0.156. The first-order valence-electron chi connectivity index (χ1n) is 22.1. The van der Waals surface area contributed by atoms with Crippen LogP contribution in [0, 0.1) is 29.6 Å². The molecule has 5 aromatic carbocycles. The van der Waals surface area contributed by atoms with Crippen molar-refractivity contribution in [3.8, 4) is 0 Å². The molecule has 6 saturated carbocycles. The van der Waals surface area contributed by atoms with Gasteiger partial charge in [-0.3, -0.25) is 0 Å². The van der Waals surface area contributed by atoms with Gasteiger partial charge in [0.05, 0.1) is 11.3 Å². The average Bonchev–Trinajstić information content (AvgIpc) is 3.97. The fraction of sp³-hybridized carbons (Fsp3) is 0.396. The minimum Gasteiger partial charge on any atom is -0.468 e. The van der Waals surface area contributed by atoms with Gasteiger partial charge in [0.1, 0.15) is 5.58 Å². The molecule has 4 nitrogen and oxygen atoms in total. The van der Waals surface area contributed by atoms with Crippen LogP contribution in [-0.2, 0) is 5.41 Å². The Balaban J connectivity index is 1.11. The summed E-state index contributed by atoms with van der Waals surface area (Å²) < 4.78 is 7.26. The van der Waals surface area contributed by atoms with Crippen molar-refractivity contribution in [2.24, 2.45) is 22.7 Å². The Morgan fingerprint density at radius 2 is 1.26 bits per heavy atom. The van der Waals surface area contributed by atoms with Crippen molar-refractivity contribution in [3.63, 3.8) is 0 Å². The first kappa shape index (κ1) is 35.1. The molecule has 0 radical (unpaired) electrons. The Morgan fingerprint density at radius 1 is 0.672 bits per heavy atom. The number of hydrogen-bond donors (Lipinski definition) is 0. The van der Waals surface area contributed by atoms with Crippen LogP contribution in [0.25, 0.3) is 11.0 Å². The van der Waals surface area contributed by atoms with Gasteiger partial charge in [0.15, 0.2) is 0 Å². The first-order valence-corrected chi connectivity index (χ1v) is 22.1. The number of hydrogen-bond acceptors (Lipinski definition) is 4. The third kappa shape index (κ3) is 4.82. The predicted molar refractivity (Wildman–Crippen MR) is 244 cm³/mol. The van der Waals surface area contributed by atoms with Crippen molar-refractivity contribution >= 4 is 74.1 Å². The summed E-state index contributed by atoms with van der Waals surface area (Å²) in [6.07, 6.45) is 8.20. The normalized spacial score (nSPS) is 27.3. The van der Waals surface area contributed by atoms with Gasteiger partial charge in [0.25, 0.3) is 6.71 Å². The van der Waals surface area contributed by atoms with Gasteiger partial charge in [-0.1, -0.05) is 71.0 Å². The van der Waals surface area contributed by atoms with Crippen molar-refractivity contribution in [2.75, 3.05) is 28.8 Å². The second kappa shape index (κ2) is 11.6. The molecular formula is C53H56BN3O. The zero-order chi connectivity index (χ0) is 39.6. The maximum Gasteiger partial charge on any atom is 0.297 e. The third-order valence-corrected chi connectivity index (χ3v) is 16.1. The minimum atomic E-state index is -0.0409. The number of benzene rings is 5. The molecule has 6 fully saturated rings. The molecular weight excluding hydrogens is 705 g/mol. The Kier molecular flexibility index (Phi) is 7.04. The maximum absolute atomic E-state index is 7.26. The number of aryl methyl sites for hydroxylation is 1. The van der Waals surface area contributed by atoms with Gasteiger partial charge in [-0.05, 0) is 179 Å². The molecule has 58 heavy (non-hydrogen) atoms. The van der Waals surface area contributed by atoms with E-state index in [2.05, 4.69) is 167 Å². The standard InChI is InChI=1S/C53H56BN3O/c1-31-21-45-48-46(22-31)57(38-16-12-36(13-17-38)51(2,3)4)49-40-26-39(55(7)8)18-20-47(40)58-50(49)54(48)43-25-35(42-24-33-29-53(42,6)30-33)11-19-44(43)56(45)37-14-9-34(10-15-37)41-23-32-27-52(41,5)28-32/h9-22,25-26,32-33,41-42H,23-24,27-30H2,1-8H3. The summed E-state index contributed by atoms with van der Waals surface area (Å²) in [5, 5.41) is 1.16. The van der Waals surface area contributed by atoms with Crippen LogP contribution in [0.3, 0.4) is 0 Å². The van der Waals surface area contributed by atoms with E-state index in [0.717, 1.165) is 34.2 Å². The predicted octanol–water partition coefficient (Wildman–Crippen LogP) is 12.0. The molecule has 1 aromatic heterocycles. The van der Waals surface area contributed by atoms with E-state index in [0.29, 0.717) is 22.7 Å². The van der Waals surface area contributed by atoms with Crippen LogP contribution in [0.2, 0.25) is 0 Å². The molecule has 6 aromatic rings. The van der Waals surface area contributed by atoms with E-state index in [-0.39, 0.29) is 12.1 Å². The summed E-state index contributed by atoms with van der Waals surface area (Å²) in [5.74, 6) is 3.08. The van der Waals surface area contributed by atoms with Crippen molar-refractivity contribution in [2.45, 2.75) is 97.3 Å². The molecule has 8 aliphatic rings. The van der Waals surface area contributed by atoms with E-state index >= 15 is 0 Å². The molecule has 0 N–H and O–H groups in total. The number of furan rings is 1. The topological polar surface area (TPSA) is 22.9 Å². The Bertz CT molecular complexity index is 2670. The van der Waals surface area contributed by atoms with Crippen molar-refractivity contribution < 1.29 is 4.42 Å². The van der Waals surface area contributed by atoms with E-state index in [1.54, 1.807) is 0 Å². The van der Waals surface area contributed by atoms with Crippen LogP contribution in [0.1, 0.15) is 107 Å². The van der Waals surface area contributed by atoms with Crippen LogP contribution >= 0.6 is 0 Å². The molecule has 2 atom stereocenters. The SMILES string of the molecule is Cc1cc2c3c(c1)N(c1ccc(C(C)(C)C)cc1)c1c(oc4ccc(N(C)C)cc14)B3c1cc(C3CC4CC3(C)C4)ccc1N2c1ccc(C2CC3CC2(C)C3)cc1. The van der Waals surface area contributed by atoms with Crippen molar-refractivity contribution in [3.05, 3.63) is 119 Å². The summed E-state index contributed by atoms with van der Waals surface area (Å²) in [6.45, 7) is 14.2. The molecule has 5 heteroatoms. The highest BCUT2D eigenvalue weighted by Crippen LogP contribution is 2.67. The summed E-state index contributed by atoms with van der Waals surface area (Å²) in [4.78, 5) is 7.33. The summed E-state index contributed by atoms with van der Waals surface area (Å²) in [7, 11) is 4.26. The van der Waals surface area contributed by atoms with Crippen LogP contribution in [0.5, 0.6) is 0 Å². The summed E-state index contributed by atoms with van der Waals surface area (Å²) in [6, 6.07) is 38.3. The summed E-state index contributed by atoms with van der Waals surface area (Å²) >= 11 is 0. The summed E-state index contributed by atoms with van der Waals surface area (Å²) in [5.41, 5.74) is 19.8. The minimum absolute atomic E-state index is 0.0409. The van der Waals surface area contributed by atoms with Gasteiger partial charge in [-0.2, -0.15) is 0 Å². The van der Waals surface area contributed by atoms with E-state index in [1.807, 2.05) is 0 Å². The fourth-order valence-corrected chi connectivity index (χ4v) is 13.4. The van der Waals surface area contributed by atoms with E-state index < -0.39 is 0 Å². The fourth-order valence-electron chi connectivity index (χ4n) is 13.4. The molecule has 4 bridgehead atoms. The lowest BCUT2D eigenvalue weighted by Gasteiger charge is -2.43. The molecule has 292 valence electrons. The van der Waals surface area contributed by atoms with Crippen LogP contribution in [0.15, 0.2) is 101 Å². The maximum atomic E-state index is 7.26. The molecule has 3 heterocycles. The Hall–Kier alpha value is -4.90. The lowest BCUT2D eigenvalue weighted by Crippen LogP contribution is -2.61. The number of nitrogens with zero attached hydrogens (tertiary/aromatic N) is 3. The molecule has 0 saturated heterocycles. The van der Waals surface area contributed by atoms with Gasteiger partial charge >= 0.3 is 0 Å². The van der Waals surface area contributed by atoms with Crippen molar-refractivity contribution in [1.29, 1.82) is 0 Å². The zero-order valence-corrected chi connectivity index (χ0v) is 35.6. The smallest absolute Gasteiger partial charge is 0.297 e. The number of anilines is 7. The second-order valence-electron chi connectivity index (χ2n) is 21.4. The van der Waals surface area contributed by atoms with Gasteiger partial charge in [0.2, 0.25) is 0 Å². The van der Waals surface area contributed by atoms with E-state index in [9.17, 15) is 0 Å². The molecule has 0 spiro atoms. The zero-order valence-electron chi connectivity index (χ0n) is 35.6. The number of fused-ring (bicyclic) bond motifs is 8. The van der Waals surface area contributed by atoms with E-state index in [1.165, 1.54) is 106 Å². The monoisotopic (exact) mass is 761 g/mol. The Labute approximate surface area is 345 Å². The first-order chi connectivity index (χ1) is 27.8. The van der Waals surface area contributed by atoms with Gasteiger partial charge in [-0.15, -0.1) is 0 Å². The number of rotatable bonds is 5. The van der Waals surface area contributed by atoms with Crippen LogP contribution < -0.4 is 31.3 Å². The molecule has 2 unspecified atom stereocenters. The quantitative estimate of drug-likeness (QED) is 0.163. The van der Waals surface area contributed by atoms with Crippen molar-refractivity contribution in [1.82, 2.24) is 0 Å². The highest BCUT2D eigenvalue weighted by Gasteiger charge is 2.56. The lowest BCUT2D eigenvalue weighted by atomic mass is 9.35. The second-order valence-corrected chi connectivity index (χ2v) is 21.4. The highest BCUT2D eigenvalue weighted by molar-refractivity contribution is 7.00. The third-order valence-electron chi connectivity index (χ3n) is 16.1. The molecule has 14 rings (SSSR count). The van der Waals surface area contributed by atoms with Crippen LogP contribution in [0.4, 0.5) is 39.8 Å². The van der Waals surface area contributed by atoms with Gasteiger partial charge < -0.3 is 19.1 Å². The van der Waals surface area contributed by atoms with E-state index in [4.69, 9.17) is 4.42 Å². The molecule has 2 aliphatic heterocycles. The largest absolute Gasteiger partial charge is 0.468 e.